The van der Waals surface area contributed by atoms with E-state index in [1.165, 1.54) is 12.8 Å². The summed E-state index contributed by atoms with van der Waals surface area (Å²) in [7, 11) is 1.67. The van der Waals surface area contributed by atoms with E-state index < -0.39 is 0 Å². The second kappa shape index (κ2) is 7.98. The van der Waals surface area contributed by atoms with Gasteiger partial charge in [-0.2, -0.15) is 5.10 Å². The Labute approximate surface area is 143 Å². The SMILES string of the molecule is CCn1cc([C@H]2OCCC[C@@H]2NC(=O)N[C@H](COC)C2CC2)cn1. The van der Waals surface area contributed by atoms with Crippen molar-refractivity contribution in [2.24, 2.45) is 5.92 Å². The number of carbonyl (C=O) groups excluding carboxylic acids is 1. The average molecular weight is 336 g/mol. The molecule has 0 radical (unpaired) electrons. The molecule has 24 heavy (non-hydrogen) atoms. The Kier molecular flexibility index (Phi) is 5.73. The van der Waals surface area contributed by atoms with Crippen LogP contribution in [0.5, 0.6) is 0 Å². The maximum absolute atomic E-state index is 12.4. The molecule has 1 aromatic rings. The Balaban J connectivity index is 1.59. The monoisotopic (exact) mass is 336 g/mol. The van der Waals surface area contributed by atoms with E-state index in [9.17, 15) is 4.79 Å². The molecular weight excluding hydrogens is 308 g/mol. The van der Waals surface area contributed by atoms with Crippen LogP contribution in [0.15, 0.2) is 12.4 Å². The molecule has 7 heteroatoms. The van der Waals surface area contributed by atoms with Crippen LogP contribution in [0.1, 0.15) is 44.3 Å². The smallest absolute Gasteiger partial charge is 0.315 e. The number of carbonyl (C=O) groups is 1. The molecule has 2 amide bonds. The summed E-state index contributed by atoms with van der Waals surface area (Å²) >= 11 is 0. The second-order valence-corrected chi connectivity index (χ2v) is 6.69. The van der Waals surface area contributed by atoms with E-state index in [2.05, 4.69) is 22.7 Å². The molecule has 134 valence electrons. The van der Waals surface area contributed by atoms with E-state index in [4.69, 9.17) is 9.47 Å². The number of ether oxygens (including phenoxy) is 2. The van der Waals surface area contributed by atoms with E-state index in [1.807, 2.05) is 17.1 Å². The van der Waals surface area contributed by atoms with Crippen molar-refractivity contribution in [3.63, 3.8) is 0 Å². The second-order valence-electron chi connectivity index (χ2n) is 6.69. The van der Waals surface area contributed by atoms with Gasteiger partial charge >= 0.3 is 6.03 Å². The van der Waals surface area contributed by atoms with Gasteiger partial charge in [0.25, 0.3) is 0 Å². The third-order valence-corrected chi connectivity index (χ3v) is 4.80. The lowest BCUT2D eigenvalue weighted by molar-refractivity contribution is -0.00767. The zero-order chi connectivity index (χ0) is 16.9. The fraction of sp³-hybridized carbons (Fsp3) is 0.765. The number of methoxy groups -OCH3 is 1. The minimum atomic E-state index is -0.133. The van der Waals surface area contributed by atoms with Gasteiger partial charge in [-0.3, -0.25) is 4.68 Å². The molecule has 1 saturated carbocycles. The molecule has 3 atom stereocenters. The van der Waals surface area contributed by atoms with Crippen molar-refractivity contribution in [2.75, 3.05) is 20.3 Å². The third-order valence-electron chi connectivity index (χ3n) is 4.80. The van der Waals surface area contributed by atoms with Crippen LogP contribution in [0.2, 0.25) is 0 Å². The highest BCUT2D eigenvalue weighted by Gasteiger charge is 2.34. The lowest BCUT2D eigenvalue weighted by atomic mass is 9.98. The van der Waals surface area contributed by atoms with Crippen LogP contribution in [0, 0.1) is 5.92 Å². The summed E-state index contributed by atoms with van der Waals surface area (Å²) < 4.78 is 13.0. The van der Waals surface area contributed by atoms with Crippen LogP contribution in [0.3, 0.4) is 0 Å². The number of aryl methyl sites for hydroxylation is 1. The van der Waals surface area contributed by atoms with E-state index >= 15 is 0 Å². The summed E-state index contributed by atoms with van der Waals surface area (Å²) in [5.41, 5.74) is 1.03. The minimum Gasteiger partial charge on any atom is -0.383 e. The molecule has 1 aromatic heterocycles. The highest BCUT2D eigenvalue weighted by molar-refractivity contribution is 5.74. The van der Waals surface area contributed by atoms with Crippen molar-refractivity contribution in [1.29, 1.82) is 0 Å². The summed E-state index contributed by atoms with van der Waals surface area (Å²) in [6.45, 7) is 4.16. The summed E-state index contributed by atoms with van der Waals surface area (Å²) in [6, 6.07) is -0.0659. The molecule has 0 unspecified atom stereocenters. The van der Waals surface area contributed by atoms with Crippen molar-refractivity contribution in [3.05, 3.63) is 18.0 Å². The minimum absolute atomic E-state index is 0.0318. The van der Waals surface area contributed by atoms with E-state index in [-0.39, 0.29) is 24.2 Å². The standard InChI is InChI=1S/C17H28N4O3/c1-3-21-10-13(9-18-21)16-14(5-4-8-24-16)19-17(22)20-15(11-23-2)12-6-7-12/h9-10,12,14-16H,3-8,11H2,1-2H3,(H2,19,20,22)/t14-,15+,16+/m0/s1. The Morgan fingerprint density at radius 1 is 1.50 bits per heavy atom. The maximum atomic E-state index is 12.4. The van der Waals surface area contributed by atoms with Gasteiger partial charge in [0, 0.05) is 32.0 Å². The molecule has 0 aromatic carbocycles. The predicted molar refractivity (Wildman–Crippen MR) is 89.7 cm³/mol. The highest BCUT2D eigenvalue weighted by atomic mass is 16.5. The number of nitrogens with one attached hydrogen (secondary N) is 2. The molecule has 2 aliphatic rings. The molecule has 3 rings (SSSR count). The Bertz CT molecular complexity index is 544. The van der Waals surface area contributed by atoms with Gasteiger partial charge in [0.2, 0.25) is 0 Å². The van der Waals surface area contributed by atoms with Gasteiger partial charge in [0.15, 0.2) is 0 Å². The zero-order valence-electron chi connectivity index (χ0n) is 14.5. The van der Waals surface area contributed by atoms with Gasteiger partial charge in [-0.1, -0.05) is 0 Å². The largest absolute Gasteiger partial charge is 0.383 e. The van der Waals surface area contributed by atoms with Gasteiger partial charge in [0.1, 0.15) is 6.10 Å². The number of nitrogens with zero attached hydrogens (tertiary/aromatic N) is 2. The Hall–Kier alpha value is -1.60. The first-order chi connectivity index (χ1) is 11.7. The molecular formula is C17H28N4O3. The topological polar surface area (TPSA) is 77.4 Å². The van der Waals surface area contributed by atoms with E-state index in [0.29, 0.717) is 12.5 Å². The van der Waals surface area contributed by atoms with Crippen LogP contribution in [0.4, 0.5) is 4.79 Å². The number of amides is 2. The molecule has 1 aliphatic carbocycles. The van der Waals surface area contributed by atoms with E-state index in [1.54, 1.807) is 7.11 Å². The van der Waals surface area contributed by atoms with Crippen molar-refractivity contribution < 1.29 is 14.3 Å². The van der Waals surface area contributed by atoms with Crippen LogP contribution in [0.25, 0.3) is 0 Å². The Morgan fingerprint density at radius 2 is 2.33 bits per heavy atom. The van der Waals surface area contributed by atoms with Crippen molar-refractivity contribution in [2.45, 2.75) is 57.3 Å². The summed E-state index contributed by atoms with van der Waals surface area (Å²) in [5, 5.41) is 10.5. The number of rotatable bonds is 7. The fourth-order valence-corrected chi connectivity index (χ4v) is 3.31. The highest BCUT2D eigenvalue weighted by Crippen LogP contribution is 2.33. The fourth-order valence-electron chi connectivity index (χ4n) is 3.31. The first-order valence-electron chi connectivity index (χ1n) is 8.91. The van der Waals surface area contributed by atoms with Gasteiger partial charge in [0.05, 0.1) is 24.9 Å². The summed E-state index contributed by atoms with van der Waals surface area (Å²) in [6.07, 6.45) is 7.90. The molecule has 2 fully saturated rings. The molecule has 1 aliphatic heterocycles. The number of hydrogen-bond donors (Lipinski definition) is 2. The first kappa shape index (κ1) is 17.2. The summed E-state index contributed by atoms with van der Waals surface area (Å²) in [5.74, 6) is 0.553. The molecule has 1 saturated heterocycles. The van der Waals surface area contributed by atoms with Crippen molar-refractivity contribution in [3.8, 4) is 0 Å². The van der Waals surface area contributed by atoms with Crippen LogP contribution < -0.4 is 10.6 Å². The lowest BCUT2D eigenvalue weighted by Crippen LogP contribution is -2.51. The first-order valence-corrected chi connectivity index (χ1v) is 8.91. The summed E-state index contributed by atoms with van der Waals surface area (Å²) in [4.78, 5) is 12.4. The zero-order valence-corrected chi connectivity index (χ0v) is 14.5. The molecule has 0 bridgehead atoms. The van der Waals surface area contributed by atoms with E-state index in [0.717, 1.165) is 31.6 Å². The number of aromatic nitrogens is 2. The molecule has 7 nitrogen and oxygen atoms in total. The van der Waals surface area contributed by atoms with Gasteiger partial charge in [-0.25, -0.2) is 4.79 Å². The predicted octanol–water partition coefficient (Wildman–Crippen LogP) is 1.85. The van der Waals surface area contributed by atoms with Gasteiger partial charge in [-0.15, -0.1) is 0 Å². The number of hydrogen-bond acceptors (Lipinski definition) is 4. The van der Waals surface area contributed by atoms with Gasteiger partial charge in [-0.05, 0) is 38.5 Å². The maximum Gasteiger partial charge on any atom is 0.315 e. The van der Waals surface area contributed by atoms with Crippen LogP contribution >= 0.6 is 0 Å². The third kappa shape index (κ3) is 4.27. The number of urea groups is 1. The van der Waals surface area contributed by atoms with Crippen LogP contribution in [-0.4, -0.2) is 48.2 Å². The van der Waals surface area contributed by atoms with Crippen LogP contribution in [-0.2, 0) is 16.0 Å². The normalized spacial score (nSPS) is 25.2. The van der Waals surface area contributed by atoms with Gasteiger partial charge < -0.3 is 20.1 Å². The molecule has 2 N–H and O–H groups in total. The Morgan fingerprint density at radius 3 is 3.00 bits per heavy atom. The van der Waals surface area contributed by atoms with Crippen molar-refractivity contribution in [1.82, 2.24) is 20.4 Å². The lowest BCUT2D eigenvalue weighted by Gasteiger charge is -2.32. The molecule has 2 heterocycles. The molecule has 0 spiro atoms. The van der Waals surface area contributed by atoms with Crippen molar-refractivity contribution >= 4 is 6.03 Å². The average Bonchev–Trinajstić information content (AvgIpc) is 3.32. The quantitative estimate of drug-likeness (QED) is 0.796.